The molecule has 0 fully saturated rings. The number of amides is 2. The minimum atomic E-state index is -0.447. The molecule has 116 valence electrons. The topological polar surface area (TPSA) is 59.5 Å². The number of benzene rings is 1. The highest BCUT2D eigenvalue weighted by Crippen LogP contribution is 2.31. The second-order valence-corrected chi connectivity index (χ2v) is 5.73. The molecule has 3 rings (SSSR count). The van der Waals surface area contributed by atoms with Crippen molar-refractivity contribution >= 4 is 39.1 Å². The van der Waals surface area contributed by atoms with E-state index in [2.05, 4.69) is 20.9 Å². The fraction of sp³-hybridized carbons (Fsp3) is 0.118. The quantitative estimate of drug-likeness (QED) is 0.470. The summed E-state index contributed by atoms with van der Waals surface area (Å²) in [5, 5.41) is 0. The molecule has 1 aromatic carbocycles. The van der Waals surface area contributed by atoms with Crippen LogP contribution in [0.2, 0.25) is 0 Å². The largest absolute Gasteiger partial charge is 0.501 e. The summed E-state index contributed by atoms with van der Waals surface area (Å²) >= 11 is 3.29. The molecule has 0 bridgehead atoms. The smallest absolute Gasteiger partial charge is 0.270 e. The molecule has 2 heterocycles. The van der Waals surface area contributed by atoms with Gasteiger partial charge in [-0.2, -0.15) is 0 Å². The fourth-order valence-electron chi connectivity index (χ4n) is 2.34. The molecule has 0 spiro atoms. The van der Waals surface area contributed by atoms with Gasteiger partial charge in [0.1, 0.15) is 5.82 Å². The van der Waals surface area contributed by atoms with Crippen LogP contribution in [0.5, 0.6) is 0 Å². The predicted octanol–water partition coefficient (Wildman–Crippen LogP) is 3.41. The van der Waals surface area contributed by atoms with Gasteiger partial charge < -0.3 is 4.74 Å². The van der Waals surface area contributed by atoms with Gasteiger partial charge in [0.25, 0.3) is 11.8 Å². The molecular formula is C17H13BrN2O3. The number of aromatic nitrogens is 1. The van der Waals surface area contributed by atoms with Gasteiger partial charge in [0.2, 0.25) is 0 Å². The van der Waals surface area contributed by atoms with E-state index in [1.807, 2.05) is 6.92 Å². The first-order valence-electron chi connectivity index (χ1n) is 7.05. The minimum absolute atomic E-state index is 0.278. The summed E-state index contributed by atoms with van der Waals surface area (Å²) in [6, 6.07) is 10.3. The number of halogens is 1. The number of hydrogen-bond donors (Lipinski definition) is 0. The molecule has 6 heteroatoms. The molecule has 23 heavy (non-hydrogen) atoms. The van der Waals surface area contributed by atoms with E-state index in [1.54, 1.807) is 42.6 Å². The molecule has 0 unspecified atom stereocenters. The molecule has 0 atom stereocenters. The zero-order valence-corrected chi connectivity index (χ0v) is 13.9. The lowest BCUT2D eigenvalue weighted by molar-refractivity contribution is -0.113. The van der Waals surface area contributed by atoms with Crippen molar-refractivity contribution < 1.29 is 14.3 Å². The maximum absolute atomic E-state index is 12.8. The summed E-state index contributed by atoms with van der Waals surface area (Å²) in [7, 11) is 0. The number of rotatable bonds is 3. The number of carbonyl (C=O) groups is 2. The summed E-state index contributed by atoms with van der Waals surface area (Å²) in [6.07, 6.45) is 2.95. The monoisotopic (exact) mass is 372 g/mol. The molecule has 1 aromatic heterocycles. The maximum Gasteiger partial charge on any atom is 0.270 e. The molecule has 0 N–H and O–H groups in total. The molecule has 1 aliphatic heterocycles. The van der Waals surface area contributed by atoms with Crippen molar-refractivity contribution in [2.45, 2.75) is 6.92 Å². The van der Waals surface area contributed by atoms with Gasteiger partial charge in [-0.1, -0.05) is 18.2 Å². The van der Waals surface area contributed by atoms with Gasteiger partial charge in [-0.3, -0.25) is 9.59 Å². The van der Waals surface area contributed by atoms with E-state index in [9.17, 15) is 9.59 Å². The lowest BCUT2D eigenvalue weighted by atomic mass is 9.94. The van der Waals surface area contributed by atoms with Crippen LogP contribution < -0.4 is 4.90 Å². The molecule has 2 aromatic rings. The third-order valence-corrected chi connectivity index (χ3v) is 3.86. The average Bonchev–Trinajstić information content (AvgIpc) is 2.57. The molecule has 2 amide bonds. The fourth-order valence-corrected chi connectivity index (χ4v) is 2.58. The van der Waals surface area contributed by atoms with E-state index in [0.717, 1.165) is 9.37 Å². The van der Waals surface area contributed by atoms with E-state index in [4.69, 9.17) is 4.74 Å². The number of nitrogens with zero attached hydrogens (tertiary/aromatic N) is 2. The highest BCUT2D eigenvalue weighted by Gasteiger charge is 2.36. The predicted molar refractivity (Wildman–Crippen MR) is 89.8 cm³/mol. The number of fused-ring (bicyclic) bond motifs is 1. The summed E-state index contributed by atoms with van der Waals surface area (Å²) in [5.41, 5.74) is 1.36. The van der Waals surface area contributed by atoms with Crippen molar-refractivity contribution in [2.24, 2.45) is 0 Å². The molecule has 0 aliphatic carbocycles. The number of hydrogen-bond acceptors (Lipinski definition) is 4. The van der Waals surface area contributed by atoms with Crippen LogP contribution in [0.25, 0.3) is 5.57 Å². The Bertz CT molecular complexity index is 800. The lowest BCUT2D eigenvalue weighted by Crippen LogP contribution is -2.42. The molecule has 0 saturated heterocycles. The number of ether oxygens (including phenoxy) is 1. The van der Waals surface area contributed by atoms with E-state index in [-0.39, 0.29) is 5.82 Å². The maximum atomic E-state index is 12.8. The summed E-state index contributed by atoms with van der Waals surface area (Å²) in [6.45, 7) is 2.26. The van der Waals surface area contributed by atoms with Crippen molar-refractivity contribution in [1.29, 1.82) is 0 Å². The van der Waals surface area contributed by atoms with Crippen LogP contribution in [0.15, 0.2) is 53.3 Å². The molecule has 0 saturated carbocycles. The van der Waals surface area contributed by atoms with Gasteiger partial charge in [0.05, 0.1) is 18.4 Å². The average molecular weight is 373 g/mol. The van der Waals surface area contributed by atoms with Gasteiger partial charge >= 0.3 is 0 Å². The van der Waals surface area contributed by atoms with Crippen molar-refractivity contribution in [3.63, 3.8) is 0 Å². The van der Waals surface area contributed by atoms with Gasteiger partial charge in [0.15, 0.2) is 0 Å². The van der Waals surface area contributed by atoms with Crippen LogP contribution >= 0.6 is 15.9 Å². The minimum Gasteiger partial charge on any atom is -0.501 e. The van der Waals surface area contributed by atoms with Crippen LogP contribution in [0.1, 0.15) is 22.8 Å². The van der Waals surface area contributed by atoms with Gasteiger partial charge in [-0.25, -0.2) is 9.88 Å². The number of pyridine rings is 1. The van der Waals surface area contributed by atoms with Gasteiger partial charge in [0, 0.05) is 21.8 Å². The standard InChI is InChI=1S/C17H13BrN2O3/c1-2-23-10-14-12-5-3-4-6-13(12)16(21)20(17(14)22)15-8-7-11(18)9-19-15/h3-10H,2H2,1H3/b14-10+. The molecular weight excluding hydrogens is 360 g/mol. The Morgan fingerprint density at radius 1 is 1.13 bits per heavy atom. The van der Waals surface area contributed by atoms with E-state index in [1.165, 1.54) is 6.26 Å². The van der Waals surface area contributed by atoms with E-state index >= 15 is 0 Å². The zero-order chi connectivity index (χ0) is 16.4. The second-order valence-electron chi connectivity index (χ2n) is 4.81. The third-order valence-electron chi connectivity index (χ3n) is 3.39. The number of imide groups is 1. The summed E-state index contributed by atoms with van der Waals surface area (Å²) < 4.78 is 6.06. The molecule has 5 nitrogen and oxygen atoms in total. The Kier molecular flexibility index (Phi) is 4.25. The molecule has 1 aliphatic rings. The zero-order valence-electron chi connectivity index (χ0n) is 12.3. The van der Waals surface area contributed by atoms with Gasteiger partial charge in [-0.05, 0) is 41.1 Å². The van der Waals surface area contributed by atoms with Gasteiger partial charge in [-0.15, -0.1) is 0 Å². The lowest BCUT2D eigenvalue weighted by Gasteiger charge is -2.27. The normalized spacial score (nSPS) is 15.7. The number of anilines is 1. The summed E-state index contributed by atoms with van der Waals surface area (Å²) in [4.78, 5) is 30.7. The first-order valence-corrected chi connectivity index (χ1v) is 7.84. The van der Waals surface area contributed by atoms with E-state index in [0.29, 0.717) is 23.3 Å². The Balaban J connectivity index is 2.14. The van der Waals surface area contributed by atoms with Crippen molar-refractivity contribution in [3.8, 4) is 0 Å². The summed E-state index contributed by atoms with van der Waals surface area (Å²) in [5.74, 6) is -0.564. The third kappa shape index (κ3) is 2.77. The van der Waals surface area contributed by atoms with Crippen molar-refractivity contribution in [3.05, 3.63) is 64.5 Å². The van der Waals surface area contributed by atoms with Crippen LogP contribution in [0.3, 0.4) is 0 Å². The van der Waals surface area contributed by atoms with Crippen molar-refractivity contribution in [1.82, 2.24) is 4.98 Å². The first-order chi connectivity index (χ1) is 11.1. The van der Waals surface area contributed by atoms with Crippen LogP contribution in [-0.4, -0.2) is 23.4 Å². The highest BCUT2D eigenvalue weighted by atomic mass is 79.9. The van der Waals surface area contributed by atoms with Crippen molar-refractivity contribution in [2.75, 3.05) is 11.5 Å². The highest BCUT2D eigenvalue weighted by molar-refractivity contribution is 9.10. The molecule has 0 radical (unpaired) electrons. The first kappa shape index (κ1) is 15.4. The Morgan fingerprint density at radius 3 is 2.52 bits per heavy atom. The van der Waals surface area contributed by atoms with Crippen LogP contribution in [-0.2, 0) is 9.53 Å². The number of carbonyl (C=O) groups excluding carboxylic acids is 2. The Labute approximate surface area is 141 Å². The van der Waals surface area contributed by atoms with E-state index < -0.39 is 11.8 Å². The van der Waals surface area contributed by atoms with Crippen LogP contribution in [0, 0.1) is 0 Å². The Hall–Kier alpha value is -2.47. The second kappa shape index (κ2) is 6.34. The SMILES string of the molecule is CCO/C=C1/C(=O)N(c2ccc(Br)cn2)C(=O)c2ccccc21. The van der Waals surface area contributed by atoms with Crippen LogP contribution in [0.4, 0.5) is 5.82 Å². The Morgan fingerprint density at radius 2 is 1.87 bits per heavy atom.